The minimum absolute atomic E-state index is 0.227. The molecule has 0 N–H and O–H groups in total. The Kier molecular flexibility index (Phi) is 41.0. The Morgan fingerprint density at radius 2 is 0.638 bits per heavy atom. The summed E-state index contributed by atoms with van der Waals surface area (Å²) in [6.07, 6.45) is 44.2. The van der Waals surface area contributed by atoms with Crippen molar-refractivity contribution in [1.29, 1.82) is 0 Å². The van der Waals surface area contributed by atoms with Crippen molar-refractivity contribution >= 4 is 5.97 Å². The first kappa shape index (κ1) is 46.4. The van der Waals surface area contributed by atoms with Crippen LogP contribution < -0.4 is 0 Å². The number of hydrogen-bond donors (Lipinski definition) is 0. The smallest absolute Gasteiger partial charge is 0.337 e. The van der Waals surface area contributed by atoms with E-state index >= 15 is 0 Å². The zero-order chi connectivity index (χ0) is 34.1. The first-order chi connectivity index (χ1) is 23.3. The Balaban J connectivity index is 4.06. The number of hydrogen-bond acceptors (Lipinski definition) is 4. The van der Waals surface area contributed by atoms with Gasteiger partial charge in [-0.25, -0.2) is 4.79 Å². The molecule has 0 spiro atoms. The highest BCUT2D eigenvalue weighted by Gasteiger charge is 2.21. The number of unbranched alkanes of at least 4 members (excludes halogenated alkanes) is 31. The van der Waals surface area contributed by atoms with Crippen LogP contribution in [0, 0.1) is 0 Å². The summed E-state index contributed by atoms with van der Waals surface area (Å²) in [6.45, 7) is 9.01. The molecule has 4 heteroatoms. The van der Waals surface area contributed by atoms with Gasteiger partial charge in [0, 0.05) is 13.2 Å². The van der Waals surface area contributed by atoms with Crippen molar-refractivity contribution in [3.8, 4) is 0 Å². The molecule has 0 aliphatic carbocycles. The van der Waals surface area contributed by atoms with Gasteiger partial charge in [-0.05, 0) is 19.3 Å². The summed E-state index contributed by atoms with van der Waals surface area (Å²) in [6, 6.07) is 0. The van der Waals surface area contributed by atoms with E-state index in [0.29, 0.717) is 26.4 Å². The van der Waals surface area contributed by atoms with E-state index in [0.717, 1.165) is 25.7 Å². The number of carbonyl (C=O) groups excluding carboxylic acids is 1. The van der Waals surface area contributed by atoms with Crippen LogP contribution >= 0.6 is 0 Å². The molecule has 0 aromatic rings. The molecule has 0 heterocycles. The molecule has 0 amide bonds. The standard InChI is InChI=1S/C43H86O4/c1-4-7-10-13-16-19-22-24-26-29-32-35-38-45-41-42(43(44)47-40-37-34-31-27-21-18-15-12-9-6-3)46-39-36-33-30-28-25-23-20-17-14-11-8-5-2/h42H,4-41H2,1-3H3. The van der Waals surface area contributed by atoms with E-state index in [4.69, 9.17) is 14.2 Å². The van der Waals surface area contributed by atoms with Crippen LogP contribution in [0.25, 0.3) is 0 Å². The van der Waals surface area contributed by atoms with E-state index in [-0.39, 0.29) is 5.97 Å². The van der Waals surface area contributed by atoms with Crippen LogP contribution in [0.2, 0.25) is 0 Å². The van der Waals surface area contributed by atoms with Gasteiger partial charge in [0.1, 0.15) is 0 Å². The summed E-state index contributed by atoms with van der Waals surface area (Å²) < 4.78 is 17.7. The van der Waals surface area contributed by atoms with Crippen molar-refractivity contribution in [2.45, 2.75) is 245 Å². The van der Waals surface area contributed by atoms with E-state index in [9.17, 15) is 4.79 Å². The second kappa shape index (κ2) is 41.6. The third-order valence-electron chi connectivity index (χ3n) is 9.73. The Labute approximate surface area is 296 Å². The average molecular weight is 667 g/mol. The largest absolute Gasteiger partial charge is 0.464 e. The van der Waals surface area contributed by atoms with Gasteiger partial charge in [0.2, 0.25) is 0 Å². The normalized spacial score (nSPS) is 12.1. The summed E-state index contributed by atoms with van der Waals surface area (Å²) in [5.74, 6) is -0.227. The molecule has 0 saturated carbocycles. The lowest BCUT2D eigenvalue weighted by Crippen LogP contribution is -2.32. The summed E-state index contributed by atoms with van der Waals surface area (Å²) >= 11 is 0. The minimum Gasteiger partial charge on any atom is -0.464 e. The maximum absolute atomic E-state index is 12.9. The van der Waals surface area contributed by atoms with Gasteiger partial charge < -0.3 is 14.2 Å². The van der Waals surface area contributed by atoms with Crippen LogP contribution in [0.15, 0.2) is 0 Å². The molecule has 0 saturated heterocycles. The quantitative estimate of drug-likeness (QED) is 0.0481. The van der Waals surface area contributed by atoms with Crippen LogP contribution in [0.5, 0.6) is 0 Å². The Hall–Kier alpha value is -0.610. The zero-order valence-corrected chi connectivity index (χ0v) is 32.6. The van der Waals surface area contributed by atoms with E-state index in [1.165, 1.54) is 193 Å². The Bertz CT molecular complexity index is 580. The maximum Gasteiger partial charge on any atom is 0.337 e. The van der Waals surface area contributed by atoms with Gasteiger partial charge in [-0.15, -0.1) is 0 Å². The molecular formula is C43H86O4. The predicted octanol–water partition coefficient (Wildman–Crippen LogP) is 14.3. The summed E-state index contributed by atoms with van der Waals surface area (Å²) in [4.78, 5) is 12.9. The van der Waals surface area contributed by atoms with E-state index in [2.05, 4.69) is 20.8 Å². The summed E-state index contributed by atoms with van der Waals surface area (Å²) in [5.41, 5.74) is 0. The second-order valence-corrected chi connectivity index (χ2v) is 14.6. The topological polar surface area (TPSA) is 44.8 Å². The monoisotopic (exact) mass is 667 g/mol. The average Bonchev–Trinajstić information content (AvgIpc) is 3.08. The van der Waals surface area contributed by atoms with Crippen LogP contribution in [0.3, 0.4) is 0 Å². The maximum atomic E-state index is 12.9. The fourth-order valence-electron chi connectivity index (χ4n) is 6.44. The summed E-state index contributed by atoms with van der Waals surface area (Å²) in [5, 5.41) is 0. The van der Waals surface area contributed by atoms with Gasteiger partial charge in [0.15, 0.2) is 6.10 Å². The lowest BCUT2D eigenvalue weighted by molar-refractivity contribution is -0.161. The molecule has 0 bridgehead atoms. The Morgan fingerprint density at radius 1 is 0.362 bits per heavy atom. The zero-order valence-electron chi connectivity index (χ0n) is 32.6. The molecule has 0 radical (unpaired) electrons. The number of esters is 1. The van der Waals surface area contributed by atoms with Crippen molar-refractivity contribution in [2.75, 3.05) is 26.4 Å². The van der Waals surface area contributed by atoms with Gasteiger partial charge in [0.25, 0.3) is 0 Å². The molecule has 1 unspecified atom stereocenters. The molecule has 0 aliphatic heterocycles. The molecule has 0 fully saturated rings. The molecule has 282 valence electrons. The molecular weight excluding hydrogens is 580 g/mol. The first-order valence-corrected chi connectivity index (χ1v) is 21.6. The van der Waals surface area contributed by atoms with Crippen LogP contribution in [0.4, 0.5) is 0 Å². The molecule has 0 aromatic carbocycles. The van der Waals surface area contributed by atoms with Crippen molar-refractivity contribution < 1.29 is 19.0 Å². The molecule has 1 atom stereocenters. The van der Waals surface area contributed by atoms with Gasteiger partial charge in [-0.2, -0.15) is 0 Å². The molecule has 47 heavy (non-hydrogen) atoms. The molecule has 4 nitrogen and oxygen atoms in total. The summed E-state index contributed by atoms with van der Waals surface area (Å²) in [7, 11) is 0. The van der Waals surface area contributed by atoms with Gasteiger partial charge in [-0.1, -0.05) is 220 Å². The predicted molar refractivity (Wildman–Crippen MR) is 206 cm³/mol. The first-order valence-electron chi connectivity index (χ1n) is 21.6. The van der Waals surface area contributed by atoms with Crippen LogP contribution in [0.1, 0.15) is 239 Å². The minimum atomic E-state index is -0.580. The highest BCUT2D eigenvalue weighted by atomic mass is 16.6. The molecule has 0 aromatic heterocycles. The van der Waals surface area contributed by atoms with Crippen molar-refractivity contribution in [3.63, 3.8) is 0 Å². The Morgan fingerprint density at radius 3 is 0.979 bits per heavy atom. The van der Waals surface area contributed by atoms with E-state index in [1.807, 2.05) is 0 Å². The van der Waals surface area contributed by atoms with Gasteiger partial charge in [-0.3, -0.25) is 0 Å². The SMILES string of the molecule is CCCCCCCCCCCCCCOCC(OCCCCCCCCCCCCCC)C(=O)OCCCCCCCCCCCC. The lowest BCUT2D eigenvalue weighted by Gasteiger charge is -2.17. The van der Waals surface area contributed by atoms with Gasteiger partial charge >= 0.3 is 5.97 Å². The van der Waals surface area contributed by atoms with Crippen LogP contribution in [-0.2, 0) is 19.0 Å². The highest BCUT2D eigenvalue weighted by molar-refractivity contribution is 5.74. The van der Waals surface area contributed by atoms with Crippen molar-refractivity contribution in [2.24, 2.45) is 0 Å². The third kappa shape index (κ3) is 38.1. The lowest BCUT2D eigenvalue weighted by atomic mass is 10.1. The fraction of sp³-hybridized carbons (Fsp3) is 0.977. The molecule has 0 aliphatic rings. The van der Waals surface area contributed by atoms with E-state index in [1.54, 1.807) is 0 Å². The van der Waals surface area contributed by atoms with Crippen molar-refractivity contribution in [3.05, 3.63) is 0 Å². The highest BCUT2D eigenvalue weighted by Crippen LogP contribution is 2.15. The number of ether oxygens (including phenoxy) is 3. The van der Waals surface area contributed by atoms with Gasteiger partial charge in [0.05, 0.1) is 13.2 Å². The second-order valence-electron chi connectivity index (χ2n) is 14.6. The van der Waals surface area contributed by atoms with Crippen molar-refractivity contribution in [1.82, 2.24) is 0 Å². The van der Waals surface area contributed by atoms with E-state index < -0.39 is 6.10 Å². The molecule has 0 rings (SSSR count). The number of carbonyl (C=O) groups is 1. The van der Waals surface area contributed by atoms with Crippen LogP contribution in [-0.4, -0.2) is 38.5 Å². The number of rotatable bonds is 41. The third-order valence-corrected chi connectivity index (χ3v) is 9.73. The fourth-order valence-corrected chi connectivity index (χ4v) is 6.44.